The molecule has 55 heavy (non-hydrogen) atoms. The van der Waals surface area contributed by atoms with Crippen LogP contribution in [0, 0.1) is 0 Å². The minimum Gasteiger partial charge on any atom is -0.394 e. The summed E-state index contributed by atoms with van der Waals surface area (Å²) >= 11 is 0. The Balaban J connectivity index is 2.64. The number of allylic oxidation sites excluding steroid dienone is 3. The molecule has 13 nitrogen and oxygen atoms in total. The molecule has 0 aromatic heterocycles. The second-order valence-electron chi connectivity index (χ2n) is 15.1. The van der Waals surface area contributed by atoms with E-state index in [0.29, 0.717) is 12.8 Å². The van der Waals surface area contributed by atoms with Crippen molar-refractivity contribution < 1.29 is 57.0 Å². The maximum atomic E-state index is 13.0. The molecule has 1 aliphatic rings. The zero-order valence-corrected chi connectivity index (χ0v) is 34.7. The first-order valence-electron chi connectivity index (χ1n) is 21.3. The summed E-state index contributed by atoms with van der Waals surface area (Å²) in [7, 11) is -5.12. The second kappa shape index (κ2) is 32.5. The molecule has 7 N–H and O–H groups in total. The van der Waals surface area contributed by atoms with Crippen molar-refractivity contribution in [2.75, 3.05) is 13.2 Å². The lowest BCUT2D eigenvalue weighted by molar-refractivity contribution is -0.298. The van der Waals surface area contributed by atoms with Crippen molar-refractivity contribution in [2.24, 2.45) is 0 Å². The fraction of sp³-hybridized carbons (Fsp3) is 0.878. The van der Waals surface area contributed by atoms with Crippen LogP contribution in [0.4, 0.5) is 0 Å². The molecule has 1 heterocycles. The number of hydrogen-bond acceptors (Lipinski definition) is 11. The Labute approximate surface area is 332 Å². The van der Waals surface area contributed by atoms with Crippen LogP contribution in [0.25, 0.3) is 0 Å². The highest BCUT2D eigenvalue weighted by Gasteiger charge is 2.48. The van der Waals surface area contributed by atoms with Crippen LogP contribution < -0.4 is 5.32 Å². The fourth-order valence-corrected chi connectivity index (χ4v) is 7.16. The normalized spacial score (nSPS) is 22.4. The molecule has 0 saturated carbocycles. The fourth-order valence-electron chi connectivity index (χ4n) is 6.65. The van der Waals surface area contributed by atoms with Gasteiger partial charge in [0.15, 0.2) is 6.29 Å². The van der Waals surface area contributed by atoms with Gasteiger partial charge in [0, 0.05) is 0 Å². The summed E-state index contributed by atoms with van der Waals surface area (Å²) in [6.07, 6.45) is 22.8. The molecule has 1 rings (SSSR count). The summed E-state index contributed by atoms with van der Waals surface area (Å²) in [5.74, 6) is -0.713. The van der Waals surface area contributed by atoms with Gasteiger partial charge in [0.1, 0.15) is 30.5 Å². The monoisotopic (exact) mass is 808 g/mol. The van der Waals surface area contributed by atoms with E-state index in [1.807, 2.05) is 0 Å². The van der Waals surface area contributed by atoms with Crippen LogP contribution >= 0.6 is 0 Å². The molecular formula is C41H77NO12S. The highest BCUT2D eigenvalue weighted by Crippen LogP contribution is 2.26. The lowest BCUT2D eigenvalue weighted by Gasteiger charge is -2.41. The Morgan fingerprint density at radius 2 is 1.22 bits per heavy atom. The van der Waals surface area contributed by atoms with Gasteiger partial charge in [-0.3, -0.25) is 9.35 Å². The minimum atomic E-state index is -5.12. The summed E-state index contributed by atoms with van der Waals surface area (Å²) in [5.41, 5.74) is 0. The molecule has 0 aromatic rings. The van der Waals surface area contributed by atoms with Crippen LogP contribution in [0.5, 0.6) is 0 Å². The average Bonchev–Trinajstić information content (AvgIpc) is 3.15. The number of carbonyl (C=O) groups excluding carboxylic acids is 1. The largest absolute Gasteiger partial charge is 0.397 e. The zero-order valence-electron chi connectivity index (χ0n) is 33.9. The number of amides is 1. The standard InChI is InChI=1S/C41H77NO12S/c1-3-5-7-9-11-13-15-16-17-18-20-22-24-26-28-30-35(45)40(48)42-33(34(44)29-27-25-23-21-19-14-12-10-8-6-4-2)32-52-41-38(47)39(54-55(49,50)51)37(46)36(31-43)53-41/h19,21,27,29,33-39,41,43-47H,3-18,20,22-26,28,30-32H2,1-2H3,(H,42,48)(H,49,50,51)/b21-19+,29-27+. The van der Waals surface area contributed by atoms with Gasteiger partial charge in [-0.05, 0) is 32.1 Å². The van der Waals surface area contributed by atoms with E-state index in [9.17, 15) is 38.7 Å². The van der Waals surface area contributed by atoms with Gasteiger partial charge in [-0.15, -0.1) is 0 Å². The summed E-state index contributed by atoms with van der Waals surface area (Å²) in [5, 5.41) is 54.9. The van der Waals surface area contributed by atoms with Crippen LogP contribution in [0.15, 0.2) is 24.3 Å². The highest BCUT2D eigenvalue weighted by molar-refractivity contribution is 7.80. The predicted octanol–water partition coefficient (Wildman–Crippen LogP) is 6.35. The SMILES string of the molecule is CCCCCCC/C=C/CC/C=C/C(O)C(COC1OC(CO)C(O)C(OS(=O)(=O)O)C1O)NC(=O)C(O)CCCCCCCCCCCCCCCCC. The van der Waals surface area contributed by atoms with E-state index in [1.54, 1.807) is 6.08 Å². The van der Waals surface area contributed by atoms with E-state index in [1.165, 1.54) is 102 Å². The molecule has 8 atom stereocenters. The molecule has 1 amide bonds. The smallest absolute Gasteiger partial charge is 0.394 e. The number of unbranched alkanes of at least 4 members (excludes halogenated alkanes) is 20. The van der Waals surface area contributed by atoms with Crippen molar-refractivity contribution in [1.29, 1.82) is 0 Å². The molecule has 0 aliphatic carbocycles. The number of nitrogens with one attached hydrogen (secondary N) is 1. The lowest BCUT2D eigenvalue weighted by atomic mass is 9.99. The van der Waals surface area contributed by atoms with Gasteiger partial charge < -0.3 is 40.3 Å². The van der Waals surface area contributed by atoms with Crippen LogP contribution in [0.1, 0.15) is 168 Å². The first-order valence-corrected chi connectivity index (χ1v) is 22.7. The Morgan fingerprint density at radius 1 is 0.727 bits per heavy atom. The molecule has 8 unspecified atom stereocenters. The molecular weight excluding hydrogens is 731 g/mol. The minimum absolute atomic E-state index is 0.240. The Hall–Kier alpha value is -1.46. The van der Waals surface area contributed by atoms with E-state index in [4.69, 9.17) is 14.0 Å². The lowest BCUT2D eigenvalue weighted by Crippen LogP contribution is -2.61. The van der Waals surface area contributed by atoms with Crippen LogP contribution in [0.3, 0.4) is 0 Å². The number of aliphatic hydroxyl groups excluding tert-OH is 5. The third-order valence-electron chi connectivity index (χ3n) is 10.1. The van der Waals surface area contributed by atoms with E-state index in [2.05, 4.69) is 35.5 Å². The van der Waals surface area contributed by atoms with Crippen molar-refractivity contribution in [1.82, 2.24) is 5.32 Å². The highest BCUT2D eigenvalue weighted by atomic mass is 32.3. The van der Waals surface area contributed by atoms with Crippen LogP contribution in [-0.2, 0) is 28.9 Å². The van der Waals surface area contributed by atoms with Crippen molar-refractivity contribution >= 4 is 16.3 Å². The van der Waals surface area contributed by atoms with Crippen molar-refractivity contribution in [3.8, 4) is 0 Å². The van der Waals surface area contributed by atoms with E-state index in [0.717, 1.165) is 38.5 Å². The van der Waals surface area contributed by atoms with Crippen molar-refractivity contribution in [3.05, 3.63) is 24.3 Å². The van der Waals surface area contributed by atoms with Crippen molar-refractivity contribution in [2.45, 2.75) is 217 Å². The molecule has 0 spiro atoms. The third kappa shape index (κ3) is 25.5. The molecule has 1 saturated heterocycles. The molecule has 1 fully saturated rings. The molecule has 0 bridgehead atoms. The third-order valence-corrected chi connectivity index (χ3v) is 10.6. The van der Waals surface area contributed by atoms with Crippen molar-refractivity contribution in [3.63, 3.8) is 0 Å². The van der Waals surface area contributed by atoms with Gasteiger partial charge in [0.2, 0.25) is 5.91 Å². The first kappa shape index (κ1) is 51.6. The maximum Gasteiger partial charge on any atom is 0.397 e. The molecule has 0 aromatic carbocycles. The zero-order chi connectivity index (χ0) is 40.7. The quantitative estimate of drug-likeness (QED) is 0.0212. The average molecular weight is 808 g/mol. The Morgan fingerprint density at radius 3 is 1.75 bits per heavy atom. The topological polar surface area (TPSA) is 212 Å². The van der Waals surface area contributed by atoms with E-state index in [-0.39, 0.29) is 6.42 Å². The number of carbonyl (C=O) groups is 1. The summed E-state index contributed by atoms with van der Waals surface area (Å²) in [6.45, 7) is 3.15. The molecule has 324 valence electrons. The summed E-state index contributed by atoms with van der Waals surface area (Å²) in [4.78, 5) is 13.0. The molecule has 14 heteroatoms. The van der Waals surface area contributed by atoms with Crippen LogP contribution in [-0.4, -0.2) is 107 Å². The number of rotatable bonds is 35. The second-order valence-corrected chi connectivity index (χ2v) is 16.1. The van der Waals surface area contributed by atoms with E-state index >= 15 is 0 Å². The first-order chi connectivity index (χ1) is 26.4. The Bertz CT molecular complexity index is 1110. The number of hydrogen-bond donors (Lipinski definition) is 7. The van der Waals surface area contributed by atoms with Gasteiger partial charge in [-0.1, -0.05) is 160 Å². The molecule has 1 aliphatic heterocycles. The maximum absolute atomic E-state index is 13.0. The van der Waals surface area contributed by atoms with Crippen LogP contribution in [0.2, 0.25) is 0 Å². The predicted molar refractivity (Wildman–Crippen MR) is 215 cm³/mol. The number of ether oxygens (including phenoxy) is 2. The van der Waals surface area contributed by atoms with Gasteiger partial charge in [0.25, 0.3) is 0 Å². The van der Waals surface area contributed by atoms with Gasteiger partial charge in [-0.25, -0.2) is 4.18 Å². The van der Waals surface area contributed by atoms with Gasteiger partial charge in [-0.2, -0.15) is 8.42 Å². The summed E-state index contributed by atoms with van der Waals surface area (Å²) < 4.78 is 47.3. The number of aliphatic hydroxyl groups is 5. The van der Waals surface area contributed by atoms with Gasteiger partial charge in [0.05, 0.1) is 25.4 Å². The molecule has 0 radical (unpaired) electrons. The summed E-state index contributed by atoms with van der Waals surface area (Å²) in [6, 6.07) is -1.13. The van der Waals surface area contributed by atoms with E-state index < -0.39 is 78.5 Å². The Kier molecular flexibility index (Phi) is 30.5. The van der Waals surface area contributed by atoms with Gasteiger partial charge >= 0.3 is 10.4 Å².